The molecule has 0 aliphatic heterocycles. The molecule has 0 amide bonds. The van der Waals surface area contributed by atoms with Gasteiger partial charge in [0.05, 0.1) is 0 Å². The van der Waals surface area contributed by atoms with Gasteiger partial charge >= 0.3 is 0 Å². The number of thioether (sulfide) groups is 1. The maximum absolute atomic E-state index is 5.80. The van der Waals surface area contributed by atoms with Crippen LogP contribution in [0.2, 0.25) is 0 Å². The van der Waals surface area contributed by atoms with E-state index >= 15 is 0 Å². The Morgan fingerprint density at radius 3 is 2.60 bits per heavy atom. The number of nitrogens with two attached hydrogens (primary N) is 1. The molecule has 4 nitrogen and oxygen atoms in total. The molecule has 0 atom stereocenters. The zero-order valence-corrected chi connectivity index (χ0v) is 12.7. The molecule has 0 fully saturated rings. The highest BCUT2D eigenvalue weighted by atomic mass is 32.2. The van der Waals surface area contributed by atoms with Crippen molar-refractivity contribution in [2.24, 2.45) is 5.73 Å². The van der Waals surface area contributed by atoms with Gasteiger partial charge in [-0.3, -0.25) is 0 Å². The van der Waals surface area contributed by atoms with E-state index in [1.807, 2.05) is 18.4 Å². The summed E-state index contributed by atoms with van der Waals surface area (Å²) in [6.45, 7) is 4.40. The minimum absolute atomic E-state index is 0.563. The van der Waals surface area contributed by atoms with E-state index < -0.39 is 0 Å². The van der Waals surface area contributed by atoms with Crippen LogP contribution in [0.4, 0.5) is 5.82 Å². The Morgan fingerprint density at radius 1 is 1.20 bits per heavy atom. The first-order valence-corrected chi connectivity index (χ1v) is 7.88. The van der Waals surface area contributed by atoms with Gasteiger partial charge in [-0.25, -0.2) is 9.97 Å². The molecule has 1 aromatic heterocycles. The van der Waals surface area contributed by atoms with Crippen LogP contribution in [0.15, 0.2) is 41.7 Å². The van der Waals surface area contributed by atoms with E-state index in [-0.39, 0.29) is 0 Å². The summed E-state index contributed by atoms with van der Waals surface area (Å²) in [7, 11) is 0. The zero-order valence-electron chi connectivity index (χ0n) is 11.9. The number of anilines is 1. The maximum Gasteiger partial charge on any atom is 0.133 e. The molecule has 2 N–H and O–H groups in total. The first kappa shape index (κ1) is 14.8. The number of nitrogens with zero attached hydrogens (tertiary/aromatic N) is 3. The summed E-state index contributed by atoms with van der Waals surface area (Å²) in [5.74, 6) is 0.957. The van der Waals surface area contributed by atoms with Gasteiger partial charge in [0.15, 0.2) is 0 Å². The summed E-state index contributed by atoms with van der Waals surface area (Å²) in [4.78, 5) is 10.8. The zero-order chi connectivity index (χ0) is 14.4. The molecule has 20 heavy (non-hydrogen) atoms. The van der Waals surface area contributed by atoms with E-state index in [1.165, 1.54) is 11.1 Å². The Balaban J connectivity index is 2.24. The summed E-state index contributed by atoms with van der Waals surface area (Å²) in [6, 6.07) is 10.3. The summed E-state index contributed by atoms with van der Waals surface area (Å²) < 4.78 is 0. The Morgan fingerprint density at radius 2 is 1.95 bits per heavy atom. The molecule has 0 radical (unpaired) electrons. The van der Waals surface area contributed by atoms with Crippen LogP contribution in [0, 0.1) is 0 Å². The fraction of sp³-hybridized carbons (Fsp3) is 0.333. The highest BCUT2D eigenvalue weighted by Crippen LogP contribution is 2.20. The van der Waals surface area contributed by atoms with Crippen molar-refractivity contribution in [2.75, 3.05) is 17.7 Å². The molecule has 0 saturated carbocycles. The Labute approximate surface area is 124 Å². The quantitative estimate of drug-likeness (QED) is 0.654. The fourth-order valence-electron chi connectivity index (χ4n) is 2.09. The molecule has 1 aromatic carbocycles. The maximum atomic E-state index is 5.80. The van der Waals surface area contributed by atoms with Gasteiger partial charge in [-0.15, -0.1) is 11.8 Å². The standard InChI is InChI=1S/C15H20N4S/c1-3-19(14-8-15(20-2)18-11-17-14)10-13-7-5-4-6-12(13)9-16/h4-8,11H,3,9-10,16H2,1-2H3. The van der Waals surface area contributed by atoms with Crippen LogP contribution in [0.25, 0.3) is 0 Å². The van der Waals surface area contributed by atoms with E-state index in [4.69, 9.17) is 5.73 Å². The summed E-state index contributed by atoms with van der Waals surface area (Å²) >= 11 is 1.63. The molecular weight excluding hydrogens is 268 g/mol. The van der Waals surface area contributed by atoms with Crippen molar-refractivity contribution < 1.29 is 0 Å². The van der Waals surface area contributed by atoms with Crippen molar-refractivity contribution in [1.82, 2.24) is 9.97 Å². The number of rotatable bonds is 6. The van der Waals surface area contributed by atoms with Crippen LogP contribution in [-0.4, -0.2) is 22.8 Å². The van der Waals surface area contributed by atoms with Crippen LogP contribution in [0.3, 0.4) is 0 Å². The molecule has 0 spiro atoms. The highest BCUT2D eigenvalue weighted by molar-refractivity contribution is 7.98. The topological polar surface area (TPSA) is 55.0 Å². The molecule has 0 unspecified atom stereocenters. The van der Waals surface area contributed by atoms with E-state index in [9.17, 15) is 0 Å². The highest BCUT2D eigenvalue weighted by Gasteiger charge is 2.10. The van der Waals surface area contributed by atoms with E-state index in [2.05, 4.69) is 40.0 Å². The van der Waals surface area contributed by atoms with Crippen LogP contribution in [0.1, 0.15) is 18.1 Å². The van der Waals surface area contributed by atoms with Crippen molar-refractivity contribution >= 4 is 17.6 Å². The molecule has 2 rings (SSSR count). The van der Waals surface area contributed by atoms with Gasteiger partial charge in [0.25, 0.3) is 0 Å². The summed E-state index contributed by atoms with van der Waals surface area (Å²) in [6.07, 6.45) is 3.64. The Kier molecular flexibility index (Phi) is 5.38. The fourth-order valence-corrected chi connectivity index (χ4v) is 2.46. The van der Waals surface area contributed by atoms with Crippen LogP contribution < -0.4 is 10.6 Å². The Bertz CT molecular complexity index is 559. The van der Waals surface area contributed by atoms with E-state index in [0.717, 1.165) is 23.9 Å². The number of hydrogen-bond donors (Lipinski definition) is 1. The van der Waals surface area contributed by atoms with Crippen molar-refractivity contribution in [3.63, 3.8) is 0 Å². The SMILES string of the molecule is CCN(Cc1ccccc1CN)c1cc(SC)ncn1. The molecular formula is C15H20N4S. The predicted octanol–water partition coefficient (Wildman–Crippen LogP) is 2.68. The monoisotopic (exact) mass is 288 g/mol. The van der Waals surface area contributed by atoms with E-state index in [1.54, 1.807) is 18.1 Å². The largest absolute Gasteiger partial charge is 0.352 e. The van der Waals surface area contributed by atoms with Gasteiger partial charge in [-0.05, 0) is 24.3 Å². The lowest BCUT2D eigenvalue weighted by atomic mass is 10.1. The second-order valence-corrected chi connectivity index (χ2v) is 5.23. The van der Waals surface area contributed by atoms with Crippen LogP contribution >= 0.6 is 11.8 Å². The summed E-state index contributed by atoms with van der Waals surface area (Å²) in [5.41, 5.74) is 8.24. The Hall–Kier alpha value is -1.59. The average Bonchev–Trinajstić information content (AvgIpc) is 2.53. The lowest BCUT2D eigenvalue weighted by molar-refractivity contribution is 0.794. The third-order valence-electron chi connectivity index (χ3n) is 3.24. The minimum Gasteiger partial charge on any atom is -0.352 e. The molecule has 2 aromatic rings. The molecule has 1 heterocycles. The van der Waals surface area contributed by atoms with Gasteiger partial charge in [0.2, 0.25) is 0 Å². The third kappa shape index (κ3) is 3.49. The van der Waals surface area contributed by atoms with Crippen LogP contribution in [-0.2, 0) is 13.1 Å². The van der Waals surface area contributed by atoms with Gasteiger partial charge in [0, 0.05) is 25.7 Å². The lowest BCUT2D eigenvalue weighted by Crippen LogP contribution is -2.24. The number of benzene rings is 1. The smallest absolute Gasteiger partial charge is 0.133 e. The molecule has 0 aliphatic carbocycles. The van der Waals surface area contributed by atoms with Gasteiger partial charge in [-0.2, -0.15) is 0 Å². The second kappa shape index (κ2) is 7.26. The molecule has 0 bridgehead atoms. The molecule has 5 heteroatoms. The van der Waals surface area contributed by atoms with Crippen molar-refractivity contribution in [3.8, 4) is 0 Å². The third-order valence-corrected chi connectivity index (χ3v) is 3.88. The van der Waals surface area contributed by atoms with Gasteiger partial charge in [0.1, 0.15) is 17.2 Å². The van der Waals surface area contributed by atoms with Crippen molar-refractivity contribution in [1.29, 1.82) is 0 Å². The van der Waals surface area contributed by atoms with Gasteiger partial charge in [-0.1, -0.05) is 24.3 Å². The van der Waals surface area contributed by atoms with Gasteiger partial charge < -0.3 is 10.6 Å². The number of hydrogen-bond acceptors (Lipinski definition) is 5. The lowest BCUT2D eigenvalue weighted by Gasteiger charge is -2.23. The number of aromatic nitrogens is 2. The predicted molar refractivity (Wildman–Crippen MR) is 84.9 cm³/mol. The first-order valence-electron chi connectivity index (χ1n) is 6.66. The molecule has 0 aliphatic rings. The van der Waals surface area contributed by atoms with Crippen molar-refractivity contribution in [3.05, 3.63) is 47.8 Å². The second-order valence-electron chi connectivity index (χ2n) is 4.41. The average molecular weight is 288 g/mol. The van der Waals surface area contributed by atoms with Crippen LogP contribution in [0.5, 0.6) is 0 Å². The van der Waals surface area contributed by atoms with Crippen molar-refractivity contribution in [2.45, 2.75) is 25.0 Å². The minimum atomic E-state index is 0.563. The van der Waals surface area contributed by atoms with E-state index in [0.29, 0.717) is 6.54 Å². The molecule has 0 saturated heterocycles. The normalized spacial score (nSPS) is 10.6. The summed E-state index contributed by atoms with van der Waals surface area (Å²) in [5, 5.41) is 0.987. The molecule has 106 valence electrons. The first-order chi connectivity index (χ1) is 9.78.